The lowest BCUT2D eigenvalue weighted by atomic mass is 9.49. The van der Waals surface area contributed by atoms with Gasteiger partial charge in [0, 0.05) is 24.4 Å². The lowest BCUT2D eigenvalue weighted by Crippen LogP contribution is -2.56. The first-order chi connectivity index (χ1) is 15.4. The van der Waals surface area contributed by atoms with Crippen molar-refractivity contribution in [2.45, 2.75) is 63.5 Å². The molecule has 1 unspecified atom stereocenters. The number of aliphatic hydroxyl groups excluding tert-OH is 1. The van der Waals surface area contributed by atoms with Crippen LogP contribution in [-0.2, 0) is 14.3 Å². The quantitative estimate of drug-likeness (QED) is 0.493. The third kappa shape index (κ3) is 4.36. The number of aliphatic hydroxyl groups is 1. The summed E-state index contributed by atoms with van der Waals surface area (Å²) in [5, 5.41) is 10.9. The number of halogens is 1. The fourth-order valence-electron chi connectivity index (χ4n) is 6.99. The highest BCUT2D eigenvalue weighted by molar-refractivity contribution is 6.30. The zero-order valence-corrected chi connectivity index (χ0v) is 19.1. The van der Waals surface area contributed by atoms with E-state index in [1.54, 1.807) is 29.2 Å². The summed E-state index contributed by atoms with van der Waals surface area (Å²) in [6.07, 6.45) is 6.79. The molecule has 6 nitrogen and oxygen atoms in total. The average molecular weight is 462 g/mol. The van der Waals surface area contributed by atoms with Crippen molar-refractivity contribution in [1.82, 2.24) is 4.90 Å². The van der Waals surface area contributed by atoms with Crippen molar-refractivity contribution in [2.75, 3.05) is 19.8 Å². The molecule has 174 valence electrons. The predicted molar refractivity (Wildman–Crippen MR) is 119 cm³/mol. The van der Waals surface area contributed by atoms with Gasteiger partial charge in [-0.1, -0.05) is 11.6 Å². The minimum atomic E-state index is -0.678. The van der Waals surface area contributed by atoms with Gasteiger partial charge in [-0.2, -0.15) is 0 Å². The highest BCUT2D eigenvalue weighted by Gasteiger charge is 2.57. The molecular weight excluding hydrogens is 430 g/mol. The van der Waals surface area contributed by atoms with Gasteiger partial charge >= 0.3 is 5.97 Å². The van der Waals surface area contributed by atoms with E-state index in [9.17, 15) is 14.7 Å². The molecule has 7 heteroatoms. The van der Waals surface area contributed by atoms with Gasteiger partial charge in [0.15, 0.2) is 0 Å². The van der Waals surface area contributed by atoms with Crippen LogP contribution in [0.15, 0.2) is 24.3 Å². The van der Waals surface area contributed by atoms with E-state index in [4.69, 9.17) is 21.1 Å². The van der Waals surface area contributed by atoms with Crippen LogP contribution in [0.4, 0.5) is 0 Å². The molecule has 32 heavy (non-hydrogen) atoms. The largest absolute Gasteiger partial charge is 0.493 e. The maximum absolute atomic E-state index is 13.7. The van der Waals surface area contributed by atoms with E-state index in [1.165, 1.54) is 19.3 Å². The van der Waals surface area contributed by atoms with Gasteiger partial charge in [0.25, 0.3) is 0 Å². The molecule has 1 aliphatic heterocycles. The third-order valence-electron chi connectivity index (χ3n) is 7.92. The first-order valence-electron chi connectivity index (χ1n) is 12.0. The van der Waals surface area contributed by atoms with Crippen LogP contribution in [0.1, 0.15) is 51.4 Å². The van der Waals surface area contributed by atoms with E-state index in [2.05, 4.69) is 0 Å². The highest BCUT2D eigenvalue weighted by atomic mass is 35.5. The van der Waals surface area contributed by atoms with Gasteiger partial charge in [-0.25, -0.2) is 4.79 Å². The lowest BCUT2D eigenvalue weighted by Gasteiger charge is -2.56. The number of rotatable bonds is 7. The number of hydrogen-bond donors (Lipinski definition) is 1. The first-order valence-corrected chi connectivity index (χ1v) is 12.3. The van der Waals surface area contributed by atoms with Crippen molar-refractivity contribution in [3.63, 3.8) is 0 Å². The molecule has 6 rings (SSSR count). The Balaban J connectivity index is 1.14. The molecule has 1 saturated heterocycles. The van der Waals surface area contributed by atoms with Crippen LogP contribution in [0.5, 0.6) is 5.75 Å². The highest BCUT2D eigenvalue weighted by Crippen LogP contribution is 2.60. The Bertz CT molecular complexity index is 821. The molecule has 0 spiro atoms. The van der Waals surface area contributed by atoms with Gasteiger partial charge in [0.05, 0.1) is 24.7 Å². The number of hydrogen-bond acceptors (Lipinski definition) is 5. The second-order valence-electron chi connectivity index (χ2n) is 10.4. The minimum absolute atomic E-state index is 0.0844. The number of carbonyl (C=O) groups is 2. The zero-order chi connectivity index (χ0) is 22.3. The van der Waals surface area contributed by atoms with Crippen molar-refractivity contribution in [1.29, 1.82) is 0 Å². The zero-order valence-electron chi connectivity index (χ0n) is 18.4. The van der Waals surface area contributed by atoms with Crippen molar-refractivity contribution in [3.05, 3.63) is 29.3 Å². The number of likely N-dealkylation sites (tertiary alicyclic amines) is 1. The van der Waals surface area contributed by atoms with Crippen LogP contribution < -0.4 is 4.74 Å². The third-order valence-corrected chi connectivity index (χ3v) is 8.17. The molecule has 4 bridgehead atoms. The Kier molecular flexibility index (Phi) is 6.10. The van der Waals surface area contributed by atoms with Gasteiger partial charge in [-0.3, -0.25) is 4.79 Å². The van der Waals surface area contributed by atoms with E-state index in [1.807, 2.05) is 0 Å². The van der Waals surface area contributed by atoms with E-state index in [0.717, 1.165) is 19.3 Å². The fraction of sp³-hybridized carbons (Fsp3) is 0.680. The summed E-state index contributed by atoms with van der Waals surface area (Å²) in [6.45, 7) is 0.872. The Morgan fingerprint density at radius 3 is 2.25 bits per heavy atom. The fourth-order valence-corrected chi connectivity index (χ4v) is 7.11. The van der Waals surface area contributed by atoms with Gasteiger partial charge in [-0.15, -0.1) is 0 Å². The number of nitrogens with zero attached hydrogens (tertiary/aromatic N) is 1. The smallest absolute Gasteiger partial charge is 0.328 e. The van der Waals surface area contributed by atoms with E-state index in [0.29, 0.717) is 41.6 Å². The summed E-state index contributed by atoms with van der Waals surface area (Å²) in [5.74, 6) is 2.36. The molecule has 5 aliphatic rings. The molecule has 1 aromatic rings. The Morgan fingerprint density at radius 2 is 1.62 bits per heavy atom. The summed E-state index contributed by atoms with van der Waals surface area (Å²) >= 11 is 5.86. The monoisotopic (exact) mass is 461 g/mol. The molecule has 0 radical (unpaired) electrons. The molecule has 2 atom stereocenters. The summed E-state index contributed by atoms with van der Waals surface area (Å²) < 4.78 is 11.1. The maximum Gasteiger partial charge on any atom is 0.328 e. The SMILES string of the molecule is O=C(OCCCOc1ccc(Cl)cc1)[C@@H]1CC(O)CN1C(=O)C12CC3CC(CC(C3)C1)C2. The Hall–Kier alpha value is -1.79. The van der Waals surface area contributed by atoms with E-state index >= 15 is 0 Å². The predicted octanol–water partition coefficient (Wildman–Crippen LogP) is 3.83. The normalized spacial score (nSPS) is 35.2. The Morgan fingerprint density at radius 1 is 1.00 bits per heavy atom. The number of ether oxygens (including phenoxy) is 2. The number of β-amino-alcohol motifs (C(OH)–C–C–N with tert-alkyl or cyclic N) is 1. The van der Waals surface area contributed by atoms with Gasteiger partial charge in [0.2, 0.25) is 5.91 Å². The van der Waals surface area contributed by atoms with Crippen LogP contribution in [0.3, 0.4) is 0 Å². The summed E-state index contributed by atoms with van der Waals surface area (Å²) in [4.78, 5) is 28.2. The number of carbonyl (C=O) groups excluding carboxylic acids is 2. The molecule has 1 N–H and O–H groups in total. The van der Waals surface area contributed by atoms with Crippen molar-refractivity contribution in [3.8, 4) is 5.75 Å². The van der Waals surface area contributed by atoms with Crippen LogP contribution in [0, 0.1) is 23.2 Å². The molecule has 4 aliphatic carbocycles. The summed E-state index contributed by atoms with van der Waals surface area (Å²) in [5.41, 5.74) is -0.316. The molecule has 4 saturated carbocycles. The number of amides is 1. The number of esters is 1. The van der Waals surface area contributed by atoms with E-state index in [-0.39, 0.29) is 30.9 Å². The second kappa shape index (κ2) is 8.86. The van der Waals surface area contributed by atoms with Crippen molar-refractivity contribution >= 4 is 23.5 Å². The van der Waals surface area contributed by atoms with Crippen LogP contribution in [0.2, 0.25) is 5.02 Å². The number of benzene rings is 1. The van der Waals surface area contributed by atoms with Crippen LogP contribution in [0.25, 0.3) is 0 Å². The molecule has 1 heterocycles. The first kappa shape index (κ1) is 22.0. The summed E-state index contributed by atoms with van der Waals surface area (Å²) in [7, 11) is 0. The molecule has 5 fully saturated rings. The molecule has 0 aromatic heterocycles. The molecular formula is C25H32ClNO5. The van der Waals surface area contributed by atoms with Gasteiger partial charge in [-0.05, 0) is 80.5 Å². The molecule has 1 aromatic carbocycles. The minimum Gasteiger partial charge on any atom is -0.493 e. The van der Waals surface area contributed by atoms with Gasteiger partial charge < -0.3 is 19.5 Å². The maximum atomic E-state index is 13.7. The topological polar surface area (TPSA) is 76.1 Å². The van der Waals surface area contributed by atoms with Crippen molar-refractivity contribution < 1.29 is 24.2 Å². The standard InChI is InChI=1S/C25H32ClNO5/c26-19-2-4-21(5-3-19)31-6-1-7-32-23(29)22-11-20(28)15-27(22)24(30)25-12-16-8-17(13-25)10-18(9-16)14-25/h2-5,16-18,20,22,28H,1,6-15H2/t16?,17?,18?,20?,22-,25?/m0/s1. The summed E-state index contributed by atoms with van der Waals surface area (Å²) in [6, 6.07) is 6.43. The average Bonchev–Trinajstić information content (AvgIpc) is 3.15. The Labute approximate surface area is 194 Å². The molecule has 1 amide bonds. The van der Waals surface area contributed by atoms with Gasteiger partial charge in [0.1, 0.15) is 11.8 Å². The van der Waals surface area contributed by atoms with E-state index < -0.39 is 18.1 Å². The van der Waals surface area contributed by atoms with Crippen LogP contribution in [-0.4, -0.2) is 53.8 Å². The van der Waals surface area contributed by atoms with Crippen molar-refractivity contribution in [2.24, 2.45) is 23.2 Å². The lowest BCUT2D eigenvalue weighted by molar-refractivity contribution is -0.165. The van der Waals surface area contributed by atoms with Crippen LogP contribution >= 0.6 is 11.6 Å². The second-order valence-corrected chi connectivity index (χ2v) is 10.8.